The molecule has 0 amide bonds. The van der Waals surface area contributed by atoms with E-state index in [2.05, 4.69) is 5.32 Å². The Hall–Kier alpha value is -1.87. The summed E-state index contributed by atoms with van der Waals surface area (Å²) in [4.78, 5) is 0. The molecule has 0 aromatic heterocycles. The minimum absolute atomic E-state index is 0.0533. The van der Waals surface area contributed by atoms with Crippen molar-refractivity contribution in [2.45, 2.75) is 32.4 Å². The van der Waals surface area contributed by atoms with Gasteiger partial charge in [-0.15, -0.1) is 0 Å². The van der Waals surface area contributed by atoms with E-state index < -0.39 is 0 Å². The minimum Gasteiger partial charge on any atom is -0.491 e. The lowest BCUT2D eigenvalue weighted by Crippen LogP contribution is -2.19. The van der Waals surface area contributed by atoms with E-state index >= 15 is 0 Å². The molecule has 0 aliphatic rings. The van der Waals surface area contributed by atoms with Crippen LogP contribution in [0.3, 0.4) is 0 Å². The number of halogens is 1. The lowest BCUT2D eigenvalue weighted by Gasteiger charge is -2.19. The number of hydrogen-bond donors (Lipinski definition) is 1. The molecular formula is C18H22FNO. The zero-order chi connectivity index (χ0) is 15.2. The van der Waals surface area contributed by atoms with Crippen LogP contribution in [0.2, 0.25) is 0 Å². The van der Waals surface area contributed by atoms with Gasteiger partial charge in [-0.1, -0.05) is 30.3 Å². The van der Waals surface area contributed by atoms with Crippen molar-refractivity contribution in [3.63, 3.8) is 0 Å². The van der Waals surface area contributed by atoms with E-state index in [4.69, 9.17) is 4.74 Å². The van der Waals surface area contributed by atoms with Crippen molar-refractivity contribution in [3.8, 4) is 5.75 Å². The summed E-state index contributed by atoms with van der Waals surface area (Å²) in [7, 11) is 1.89. The topological polar surface area (TPSA) is 21.3 Å². The van der Waals surface area contributed by atoms with Crippen LogP contribution >= 0.6 is 0 Å². The zero-order valence-electron chi connectivity index (χ0n) is 12.8. The number of benzene rings is 2. The molecule has 21 heavy (non-hydrogen) atoms. The van der Waals surface area contributed by atoms with Gasteiger partial charge in [-0.2, -0.15) is 0 Å². The molecule has 2 nitrogen and oxygen atoms in total. The average molecular weight is 287 g/mol. The van der Waals surface area contributed by atoms with Crippen LogP contribution in [-0.4, -0.2) is 13.2 Å². The Morgan fingerprint density at radius 1 is 1.10 bits per heavy atom. The lowest BCUT2D eigenvalue weighted by atomic mass is 9.98. The molecule has 2 rings (SSSR count). The number of rotatable bonds is 6. The summed E-state index contributed by atoms with van der Waals surface area (Å²) >= 11 is 0. The summed E-state index contributed by atoms with van der Waals surface area (Å²) in [5.41, 5.74) is 1.81. The highest BCUT2D eigenvalue weighted by Crippen LogP contribution is 2.24. The molecule has 2 aromatic carbocycles. The first-order valence-corrected chi connectivity index (χ1v) is 7.27. The molecule has 0 aliphatic carbocycles. The van der Waals surface area contributed by atoms with Crippen molar-refractivity contribution in [2.75, 3.05) is 7.05 Å². The van der Waals surface area contributed by atoms with E-state index in [9.17, 15) is 4.39 Å². The van der Waals surface area contributed by atoms with E-state index in [-0.39, 0.29) is 18.0 Å². The molecule has 0 bridgehead atoms. The lowest BCUT2D eigenvalue weighted by molar-refractivity contribution is 0.242. The maximum Gasteiger partial charge on any atom is 0.126 e. The Bertz CT molecular complexity index is 583. The minimum atomic E-state index is -0.160. The Balaban J connectivity index is 2.19. The molecule has 0 heterocycles. The van der Waals surface area contributed by atoms with Gasteiger partial charge in [-0.05, 0) is 56.6 Å². The first-order valence-electron chi connectivity index (χ1n) is 7.27. The fourth-order valence-electron chi connectivity index (χ4n) is 2.35. The fraction of sp³-hybridized carbons (Fsp3) is 0.333. The van der Waals surface area contributed by atoms with Crippen LogP contribution in [0.4, 0.5) is 4.39 Å². The van der Waals surface area contributed by atoms with Gasteiger partial charge >= 0.3 is 0 Å². The van der Waals surface area contributed by atoms with E-state index in [0.29, 0.717) is 12.0 Å². The maximum absolute atomic E-state index is 13.8. The van der Waals surface area contributed by atoms with Crippen molar-refractivity contribution in [1.29, 1.82) is 0 Å². The number of ether oxygens (including phenoxy) is 1. The molecule has 2 aromatic rings. The van der Waals surface area contributed by atoms with E-state index in [1.54, 1.807) is 6.07 Å². The molecule has 0 saturated carbocycles. The van der Waals surface area contributed by atoms with Crippen LogP contribution in [0, 0.1) is 5.82 Å². The largest absolute Gasteiger partial charge is 0.491 e. The molecule has 0 spiro atoms. The van der Waals surface area contributed by atoms with Crippen LogP contribution in [0.15, 0.2) is 48.5 Å². The van der Waals surface area contributed by atoms with Gasteiger partial charge in [0, 0.05) is 6.04 Å². The van der Waals surface area contributed by atoms with Gasteiger partial charge in [0.15, 0.2) is 0 Å². The van der Waals surface area contributed by atoms with Crippen molar-refractivity contribution in [3.05, 3.63) is 65.5 Å². The van der Waals surface area contributed by atoms with Crippen LogP contribution < -0.4 is 10.1 Å². The number of hydrogen-bond acceptors (Lipinski definition) is 2. The van der Waals surface area contributed by atoms with Crippen molar-refractivity contribution in [2.24, 2.45) is 0 Å². The SMILES string of the molecule is CNC(Cc1ccccc1F)c1cccc(OC(C)C)c1. The first kappa shape index (κ1) is 15.5. The monoisotopic (exact) mass is 287 g/mol. The van der Waals surface area contributed by atoms with Crippen LogP contribution in [0.25, 0.3) is 0 Å². The molecule has 1 N–H and O–H groups in total. The molecule has 1 atom stereocenters. The Morgan fingerprint density at radius 3 is 2.52 bits per heavy atom. The third-order valence-corrected chi connectivity index (χ3v) is 3.36. The second kappa shape index (κ2) is 7.23. The summed E-state index contributed by atoms with van der Waals surface area (Å²) in [6.45, 7) is 4.00. The summed E-state index contributed by atoms with van der Waals surface area (Å²) in [6.07, 6.45) is 0.744. The molecule has 0 saturated heterocycles. The van der Waals surface area contributed by atoms with Gasteiger partial charge in [-0.25, -0.2) is 4.39 Å². The highest BCUT2D eigenvalue weighted by Gasteiger charge is 2.13. The second-order valence-corrected chi connectivity index (χ2v) is 5.38. The second-order valence-electron chi connectivity index (χ2n) is 5.38. The molecule has 0 aliphatic heterocycles. The fourth-order valence-corrected chi connectivity index (χ4v) is 2.35. The van der Waals surface area contributed by atoms with Gasteiger partial charge in [0.2, 0.25) is 0 Å². The van der Waals surface area contributed by atoms with Crippen molar-refractivity contribution in [1.82, 2.24) is 5.32 Å². The number of likely N-dealkylation sites (N-methyl/N-ethyl adjacent to an activating group) is 1. The van der Waals surface area contributed by atoms with Gasteiger partial charge in [-0.3, -0.25) is 0 Å². The summed E-state index contributed by atoms with van der Waals surface area (Å²) < 4.78 is 19.5. The van der Waals surface area contributed by atoms with Crippen LogP contribution in [0.5, 0.6) is 5.75 Å². The van der Waals surface area contributed by atoms with Crippen molar-refractivity contribution < 1.29 is 9.13 Å². The highest BCUT2D eigenvalue weighted by atomic mass is 19.1. The van der Waals surface area contributed by atoms with Gasteiger partial charge in [0.25, 0.3) is 0 Å². The normalized spacial score (nSPS) is 12.4. The maximum atomic E-state index is 13.8. The summed E-state index contributed by atoms with van der Waals surface area (Å²) in [5, 5.41) is 3.25. The standard InChI is InChI=1S/C18H22FNO/c1-13(2)21-16-9-6-8-15(11-16)18(20-3)12-14-7-4-5-10-17(14)19/h4-11,13,18,20H,12H2,1-3H3. The summed E-state index contributed by atoms with van der Waals surface area (Å²) in [6, 6.07) is 14.9. The molecule has 1 unspecified atom stereocenters. The smallest absolute Gasteiger partial charge is 0.126 e. The van der Waals surface area contributed by atoms with E-state index in [1.165, 1.54) is 6.07 Å². The van der Waals surface area contributed by atoms with Crippen LogP contribution in [0.1, 0.15) is 31.0 Å². The van der Waals surface area contributed by atoms with Gasteiger partial charge in [0.1, 0.15) is 11.6 Å². The molecular weight excluding hydrogens is 265 g/mol. The Labute approximate surface area is 126 Å². The average Bonchev–Trinajstić information content (AvgIpc) is 2.46. The van der Waals surface area contributed by atoms with E-state index in [1.807, 2.05) is 57.3 Å². The molecule has 0 radical (unpaired) electrons. The summed E-state index contributed by atoms with van der Waals surface area (Å²) in [5.74, 6) is 0.684. The van der Waals surface area contributed by atoms with Gasteiger partial charge in [0.05, 0.1) is 6.10 Å². The third kappa shape index (κ3) is 4.30. The highest BCUT2D eigenvalue weighted by molar-refractivity contribution is 5.32. The zero-order valence-corrected chi connectivity index (χ0v) is 12.8. The molecule has 3 heteroatoms. The first-order chi connectivity index (χ1) is 10.1. The van der Waals surface area contributed by atoms with Crippen molar-refractivity contribution >= 4 is 0 Å². The third-order valence-electron chi connectivity index (χ3n) is 3.36. The Kier molecular flexibility index (Phi) is 5.34. The number of nitrogens with one attached hydrogen (secondary N) is 1. The Morgan fingerprint density at radius 2 is 1.86 bits per heavy atom. The predicted octanol–water partition coefficient (Wildman–Crippen LogP) is 4.12. The van der Waals surface area contributed by atoms with Gasteiger partial charge < -0.3 is 10.1 Å². The van der Waals surface area contributed by atoms with E-state index in [0.717, 1.165) is 11.3 Å². The quantitative estimate of drug-likeness (QED) is 0.863. The molecule has 112 valence electrons. The van der Waals surface area contributed by atoms with Crippen LogP contribution in [-0.2, 0) is 6.42 Å². The molecule has 0 fully saturated rings. The predicted molar refractivity (Wildman–Crippen MR) is 84.1 cm³/mol.